The summed E-state index contributed by atoms with van der Waals surface area (Å²) in [6, 6.07) is 9.69. The van der Waals surface area contributed by atoms with Gasteiger partial charge in [0.05, 0.1) is 27.9 Å². The molecule has 9 atom stereocenters. The molecule has 0 aromatic heterocycles. The number of hydrogen-bond donors (Lipinski definition) is 5. The summed E-state index contributed by atoms with van der Waals surface area (Å²) in [7, 11) is -13.7. The fraction of sp³-hybridized carbons (Fsp3) is 0.538. The van der Waals surface area contributed by atoms with E-state index in [1.54, 1.807) is 84.9 Å². The summed E-state index contributed by atoms with van der Waals surface area (Å²) in [6.07, 6.45) is -16.3. The van der Waals surface area contributed by atoms with Crippen LogP contribution in [0.4, 0.5) is 0 Å². The van der Waals surface area contributed by atoms with Crippen LogP contribution in [-0.2, 0) is 57.1 Å². The molecule has 2 aliphatic rings. The highest BCUT2D eigenvalue weighted by Crippen LogP contribution is 2.39. The van der Waals surface area contributed by atoms with E-state index in [0.717, 1.165) is 16.7 Å². The van der Waals surface area contributed by atoms with E-state index in [-0.39, 0.29) is 14.7 Å². The molecule has 5 rings (SSSR count). The van der Waals surface area contributed by atoms with Crippen molar-refractivity contribution in [2.45, 2.75) is 132 Å². The summed E-state index contributed by atoms with van der Waals surface area (Å²) in [5, 5.41) is 55.6. The van der Waals surface area contributed by atoms with E-state index in [1.165, 1.54) is 13.8 Å². The molecule has 3 aromatic rings. The van der Waals surface area contributed by atoms with Crippen LogP contribution in [0.15, 0.2) is 51.1 Å². The predicted molar refractivity (Wildman–Crippen MR) is 209 cm³/mol. The van der Waals surface area contributed by atoms with Crippen LogP contribution in [0.2, 0.25) is 0 Å². The van der Waals surface area contributed by atoms with E-state index in [2.05, 4.69) is 0 Å². The monoisotopic (exact) mass is 888 g/mol. The number of aliphatic hydroxyl groups excluding tert-OH is 5. The molecule has 2 fully saturated rings. The first-order chi connectivity index (χ1) is 27.2. The fourth-order valence-corrected chi connectivity index (χ4v) is 11.9. The van der Waals surface area contributed by atoms with Gasteiger partial charge in [-0.05, 0) is 95.7 Å². The highest BCUT2D eigenvalue weighted by molar-refractivity contribution is 7.87. The van der Waals surface area contributed by atoms with Gasteiger partial charge in [0.2, 0.25) is 5.79 Å². The van der Waals surface area contributed by atoms with Crippen molar-refractivity contribution in [2.75, 3.05) is 19.8 Å². The molecule has 328 valence electrons. The van der Waals surface area contributed by atoms with E-state index < -0.39 is 105 Å². The lowest BCUT2D eigenvalue weighted by molar-refractivity contribution is -0.381. The SMILES string of the molecule is Cc1cc(C)c(S(=O)(=O)OC[C@H]2O[C@](COS(=O)(=O)c3c(C)cc(C)cc3C)(O[C@@H]3O[C@H](COS(=O)(=O)c4c(C)cc(C)cc4C)[C@@H](O)[C@H](O)[C@H]3O)[C@@H](O)[C@@H]2O)c(C)c1. The summed E-state index contributed by atoms with van der Waals surface area (Å²) in [5.74, 6) is -2.83. The maximum atomic E-state index is 13.7. The zero-order valence-electron chi connectivity index (χ0n) is 34.1. The zero-order chi connectivity index (χ0) is 44.2. The third-order valence-corrected chi connectivity index (χ3v) is 15.0. The molecular formula is C39H52O17S3. The lowest BCUT2D eigenvalue weighted by atomic mass is 9.99. The molecule has 59 heavy (non-hydrogen) atoms. The summed E-state index contributed by atoms with van der Waals surface area (Å²) in [6.45, 7) is 11.5. The van der Waals surface area contributed by atoms with Crippen LogP contribution in [0.25, 0.3) is 0 Å². The van der Waals surface area contributed by atoms with Gasteiger partial charge in [-0.15, -0.1) is 0 Å². The Morgan fingerprint density at radius 2 is 0.864 bits per heavy atom. The molecule has 2 saturated heterocycles. The average molecular weight is 889 g/mol. The minimum absolute atomic E-state index is 0.141. The van der Waals surface area contributed by atoms with Gasteiger partial charge in [0.1, 0.15) is 49.3 Å². The minimum atomic E-state index is -4.71. The van der Waals surface area contributed by atoms with Crippen molar-refractivity contribution < 1.29 is 77.5 Å². The summed E-state index contributed by atoms with van der Waals surface area (Å²) >= 11 is 0. The first-order valence-electron chi connectivity index (χ1n) is 18.5. The van der Waals surface area contributed by atoms with Crippen molar-refractivity contribution in [3.05, 3.63) is 86.5 Å². The third-order valence-electron chi connectivity index (χ3n) is 10.2. The Morgan fingerprint density at radius 1 is 0.508 bits per heavy atom. The van der Waals surface area contributed by atoms with Gasteiger partial charge in [0.15, 0.2) is 6.29 Å². The van der Waals surface area contributed by atoms with Crippen LogP contribution in [0.3, 0.4) is 0 Å². The summed E-state index contributed by atoms with van der Waals surface area (Å²) in [5.41, 5.74) is 4.44. The molecule has 0 saturated carbocycles. The second kappa shape index (κ2) is 17.4. The van der Waals surface area contributed by atoms with Crippen molar-refractivity contribution in [1.82, 2.24) is 0 Å². The predicted octanol–water partition coefficient (Wildman–Crippen LogP) is 1.62. The van der Waals surface area contributed by atoms with Crippen molar-refractivity contribution in [2.24, 2.45) is 0 Å². The van der Waals surface area contributed by atoms with Gasteiger partial charge >= 0.3 is 0 Å². The number of hydrogen-bond acceptors (Lipinski definition) is 17. The molecule has 2 aliphatic heterocycles. The Labute approximate surface area is 344 Å². The van der Waals surface area contributed by atoms with Crippen LogP contribution in [-0.4, -0.2) is 125 Å². The van der Waals surface area contributed by atoms with Crippen LogP contribution in [0, 0.1) is 62.3 Å². The van der Waals surface area contributed by atoms with Crippen LogP contribution >= 0.6 is 0 Å². The molecular weight excluding hydrogens is 837 g/mol. The van der Waals surface area contributed by atoms with Crippen molar-refractivity contribution in [3.8, 4) is 0 Å². The minimum Gasteiger partial charge on any atom is -0.387 e. The highest BCUT2D eigenvalue weighted by atomic mass is 32.2. The van der Waals surface area contributed by atoms with Gasteiger partial charge in [0, 0.05) is 0 Å². The molecule has 0 aliphatic carbocycles. The highest BCUT2D eigenvalue weighted by Gasteiger charge is 2.60. The van der Waals surface area contributed by atoms with Crippen molar-refractivity contribution in [1.29, 1.82) is 0 Å². The normalized spacial score (nSPS) is 28.0. The first-order valence-corrected chi connectivity index (χ1v) is 22.8. The topological polar surface area (TPSA) is 259 Å². The average Bonchev–Trinajstić information content (AvgIpc) is 3.32. The maximum absolute atomic E-state index is 13.7. The lowest BCUT2D eigenvalue weighted by Crippen LogP contribution is -2.63. The molecule has 0 bridgehead atoms. The Bertz CT molecular complexity index is 2330. The molecule has 0 spiro atoms. The fourth-order valence-electron chi connectivity index (χ4n) is 7.92. The molecule has 20 heteroatoms. The number of benzene rings is 3. The Kier molecular flexibility index (Phi) is 13.9. The van der Waals surface area contributed by atoms with Gasteiger partial charge in [-0.2, -0.15) is 25.3 Å². The molecule has 0 amide bonds. The van der Waals surface area contributed by atoms with Gasteiger partial charge in [-0.25, -0.2) is 0 Å². The molecule has 5 N–H and O–H groups in total. The van der Waals surface area contributed by atoms with E-state index >= 15 is 0 Å². The lowest BCUT2D eigenvalue weighted by Gasteiger charge is -2.43. The van der Waals surface area contributed by atoms with Crippen LogP contribution < -0.4 is 0 Å². The van der Waals surface area contributed by atoms with E-state index in [9.17, 15) is 50.8 Å². The number of rotatable bonds is 14. The zero-order valence-corrected chi connectivity index (χ0v) is 36.5. The van der Waals surface area contributed by atoms with E-state index in [0.29, 0.717) is 33.4 Å². The van der Waals surface area contributed by atoms with Gasteiger partial charge in [0.25, 0.3) is 30.4 Å². The van der Waals surface area contributed by atoms with E-state index in [1.807, 2.05) is 0 Å². The Balaban J connectivity index is 1.46. The van der Waals surface area contributed by atoms with Gasteiger partial charge < -0.3 is 39.7 Å². The molecule has 3 aromatic carbocycles. The quantitative estimate of drug-likeness (QED) is 0.144. The molecule has 0 radical (unpaired) electrons. The van der Waals surface area contributed by atoms with Crippen LogP contribution in [0.5, 0.6) is 0 Å². The smallest absolute Gasteiger partial charge is 0.297 e. The third kappa shape index (κ3) is 9.76. The number of aliphatic hydroxyl groups is 5. The van der Waals surface area contributed by atoms with Crippen molar-refractivity contribution >= 4 is 30.4 Å². The van der Waals surface area contributed by atoms with Crippen LogP contribution in [0.1, 0.15) is 50.1 Å². The number of aryl methyl sites for hydroxylation is 9. The Morgan fingerprint density at radius 3 is 1.25 bits per heavy atom. The number of ether oxygens (including phenoxy) is 3. The summed E-state index contributed by atoms with van der Waals surface area (Å²) < 4.78 is 114. The first kappa shape index (κ1) is 47.1. The van der Waals surface area contributed by atoms with E-state index in [4.69, 9.17) is 26.8 Å². The van der Waals surface area contributed by atoms with Crippen molar-refractivity contribution in [3.63, 3.8) is 0 Å². The molecule has 0 unspecified atom stereocenters. The second-order valence-electron chi connectivity index (χ2n) is 15.4. The molecule has 2 heterocycles. The molecule has 17 nitrogen and oxygen atoms in total. The maximum Gasteiger partial charge on any atom is 0.297 e. The summed E-state index contributed by atoms with van der Waals surface area (Å²) in [4.78, 5) is -0.519. The Hall–Kier alpha value is -2.93. The van der Waals surface area contributed by atoms with Gasteiger partial charge in [-0.1, -0.05) is 53.1 Å². The largest absolute Gasteiger partial charge is 0.387 e. The van der Waals surface area contributed by atoms with Gasteiger partial charge in [-0.3, -0.25) is 12.5 Å². The second-order valence-corrected chi connectivity index (χ2v) is 20.1. The standard InChI is InChI=1S/C39H52O17S3/c1-19-10-22(4)34(23(5)11-19)57(45,46)51-16-28-30(40)32(42)33(43)38(54-28)56-39(18-53-59(49,50)36-26(8)14-21(3)15-27(36)9)37(44)31(41)29(55-39)17-52-58(47,48)35-24(6)12-20(2)13-25(35)7/h10-15,28-33,37-38,40-44H,16-18H2,1-9H3/t28-,29-,30-,31-,32+,33-,37+,38+,39-/m1/s1.